The van der Waals surface area contributed by atoms with Gasteiger partial charge >= 0.3 is 0 Å². The van der Waals surface area contributed by atoms with E-state index in [2.05, 4.69) is 422 Å². The zero-order chi connectivity index (χ0) is 102. The quantitative estimate of drug-likeness (QED) is 0.0367. The number of fused-ring (bicyclic) bond motifs is 26. The van der Waals surface area contributed by atoms with Gasteiger partial charge in [0.25, 0.3) is 0 Å². The minimum Gasteiger partial charge on any atom is -0.455 e. The second kappa shape index (κ2) is 38.9. The molecule has 1 unspecified atom stereocenters. The summed E-state index contributed by atoms with van der Waals surface area (Å²) in [7, 11) is 0. The summed E-state index contributed by atoms with van der Waals surface area (Å²) in [5.74, 6) is 0. The molecule has 0 fully saturated rings. The van der Waals surface area contributed by atoms with Crippen LogP contribution >= 0.6 is 0 Å². The third kappa shape index (κ3) is 15.9. The predicted octanol–water partition coefficient (Wildman–Crippen LogP) is 43.3. The summed E-state index contributed by atoms with van der Waals surface area (Å²) in [5, 5.41) is 4.62. The molecule has 0 aliphatic heterocycles. The number of anilines is 3. The Balaban J connectivity index is 0.570. The molecule has 0 saturated carbocycles. The van der Waals surface area contributed by atoms with Crippen LogP contribution in [0.5, 0.6) is 0 Å². The maximum atomic E-state index is 7.40. The first-order valence-corrected chi connectivity index (χ1v) is 57.7. The minimum absolute atomic E-state index is 0.00763. The van der Waals surface area contributed by atoms with E-state index in [0.717, 1.165) is 72.4 Å². The van der Waals surface area contributed by atoms with Crippen LogP contribution in [0.1, 0.15) is 323 Å². The van der Waals surface area contributed by atoms with Crippen LogP contribution < -0.4 is 4.90 Å². The summed E-state index contributed by atoms with van der Waals surface area (Å²) in [6.07, 6.45) is 34.8. The van der Waals surface area contributed by atoms with Crippen molar-refractivity contribution in [2.24, 2.45) is 0 Å². The predicted molar refractivity (Wildman–Crippen MR) is 638 cm³/mol. The number of hydrogen-bond donors (Lipinski definition) is 0. The topological polar surface area (TPSA) is 29.5 Å². The number of para-hydroxylation sites is 2. The van der Waals surface area contributed by atoms with E-state index in [0.29, 0.717) is 0 Å². The Morgan fingerprint density at radius 2 is 0.480 bits per heavy atom. The van der Waals surface area contributed by atoms with Crippen LogP contribution in [0.2, 0.25) is 0 Å². The molecule has 3 heteroatoms. The first-order valence-electron chi connectivity index (χ1n) is 57.7. The Kier molecular flexibility index (Phi) is 25.1. The van der Waals surface area contributed by atoms with E-state index in [1.165, 1.54) is 340 Å². The number of rotatable bonds is 36. The van der Waals surface area contributed by atoms with Crippen LogP contribution in [0.15, 0.2) is 342 Å². The van der Waals surface area contributed by atoms with Crippen molar-refractivity contribution in [3.8, 4) is 134 Å². The van der Waals surface area contributed by atoms with Crippen molar-refractivity contribution < 1.29 is 8.83 Å². The molecule has 150 heavy (non-hydrogen) atoms. The van der Waals surface area contributed by atoms with Gasteiger partial charge in [-0.1, -0.05) is 467 Å². The average molecular weight is 1960 g/mol. The number of unbranched alkanes of at least 4 members (excludes halogenated alkanes) is 19. The second-order valence-electron chi connectivity index (χ2n) is 47.6. The SMILES string of the molecule is CCCCCCCCC1(CCCCCCC)c2ccccc2-c2ccc(-c3ccc4c(c3)C(C)(C)c3cc(-c5cc6c(c7c5oc5ccccc57)-c5ccc(N(c7ccc8c(c7)C(C)(C)c7cc(-c9ccc%10c(c9)C(C)(C)c9cc(-c%11ccc%12c(c%11)C(CCCCCCCC)(CCCCCCCC)c%11ccccc%11-%12)ccc9-%10)c9oc%10ccccc%10c9c7-8)c7ccc(-c8ccccc8)cc7-c7ccccc7)cc5C6(C)C)ccc3-4)cc21. The lowest BCUT2D eigenvalue weighted by Gasteiger charge is -2.33. The van der Waals surface area contributed by atoms with Gasteiger partial charge in [0.1, 0.15) is 22.3 Å². The smallest absolute Gasteiger partial charge is 0.143 e. The van der Waals surface area contributed by atoms with Gasteiger partial charge in [0.05, 0.1) is 5.69 Å². The molecule has 2 aromatic heterocycles. The fourth-order valence-corrected chi connectivity index (χ4v) is 29.1. The molecule has 0 bridgehead atoms. The summed E-state index contributed by atoms with van der Waals surface area (Å²) in [6.45, 7) is 29.1. The van der Waals surface area contributed by atoms with Gasteiger partial charge in [-0.25, -0.2) is 0 Å². The Hall–Kier alpha value is -13.9. The van der Waals surface area contributed by atoms with Gasteiger partial charge in [-0.3, -0.25) is 0 Å². The standard InChI is InChI=1S/C147H145NO2/c1-13-17-21-25-29-47-81-146(80-46-28-24-20-16-4)121-58-42-38-54-106(121)112-73-64-100(87-129(112)146)98-62-71-108-110-75-66-102(89-125(110)142(5,6)123(108)85-98)119-93-131-136(138-116-56-40-44-60-134(116)149-140(119)138)114-77-69-104(91-127(114)144(131,9)10)148(133-79-68-97(95-50-34-32-35-51-95)84-118(133)96-52-36-33-37-53-96)105-70-78-115-128(92-105)145(11,12)132-94-120(141-139(137(115)132)117-57-41-45-61-135(117)150-141)103-67-76-111-109-72-63-99(86-124(109)143(7,8)126(111)90-103)101-65-74-113-107-55-39-43-59-122(107)147(130(113)88-101,82-48-30-26-22-18-14-2)83-49-31-27-23-19-15-3/h32-45,50-79,84-94H,13-31,46-49,80-83H2,1-12H3. The van der Waals surface area contributed by atoms with E-state index < -0.39 is 10.8 Å². The Bertz CT molecular complexity index is 8260. The second-order valence-corrected chi connectivity index (χ2v) is 47.6. The van der Waals surface area contributed by atoms with E-state index in [9.17, 15) is 0 Å². The van der Waals surface area contributed by atoms with E-state index >= 15 is 0 Å². The molecule has 750 valence electrons. The van der Waals surface area contributed by atoms with Crippen molar-refractivity contribution in [2.75, 3.05) is 4.90 Å². The van der Waals surface area contributed by atoms with Crippen LogP contribution in [-0.2, 0) is 32.5 Å². The Labute approximate surface area is 891 Å². The molecule has 2 heterocycles. The zero-order valence-corrected chi connectivity index (χ0v) is 90.6. The summed E-state index contributed by atoms with van der Waals surface area (Å²) in [5.41, 5.74) is 52.9. The lowest BCUT2D eigenvalue weighted by molar-refractivity contribution is 0.398. The number of hydrogen-bond acceptors (Lipinski definition) is 3. The van der Waals surface area contributed by atoms with Crippen molar-refractivity contribution >= 4 is 60.9 Å². The van der Waals surface area contributed by atoms with E-state index in [4.69, 9.17) is 8.83 Å². The van der Waals surface area contributed by atoms with Crippen molar-refractivity contribution in [1.82, 2.24) is 0 Å². The molecule has 3 nitrogen and oxygen atoms in total. The van der Waals surface area contributed by atoms with Gasteiger partial charge in [0, 0.05) is 82.1 Å². The summed E-state index contributed by atoms with van der Waals surface area (Å²) in [6, 6.07) is 130. The molecule has 0 amide bonds. The average Bonchev–Trinajstić information content (AvgIpc) is 1.53. The normalized spacial score (nSPS) is 15.7. The third-order valence-corrected chi connectivity index (χ3v) is 37.2. The molecule has 25 rings (SSSR count). The summed E-state index contributed by atoms with van der Waals surface area (Å²) >= 11 is 0. The van der Waals surface area contributed by atoms with Crippen LogP contribution in [0, 0.1) is 0 Å². The van der Waals surface area contributed by atoms with E-state index in [-0.39, 0.29) is 21.7 Å². The number of furan rings is 2. The molecule has 19 aromatic rings. The molecule has 0 N–H and O–H groups in total. The van der Waals surface area contributed by atoms with Crippen LogP contribution in [0.25, 0.3) is 177 Å². The molecule has 1 atom stereocenters. The lowest BCUT2D eigenvalue weighted by Crippen LogP contribution is -2.25. The fourth-order valence-electron chi connectivity index (χ4n) is 29.1. The minimum atomic E-state index is -0.469. The van der Waals surface area contributed by atoms with E-state index in [1.54, 1.807) is 22.3 Å². The van der Waals surface area contributed by atoms with Crippen molar-refractivity contribution in [3.63, 3.8) is 0 Å². The molecular weight excluding hydrogens is 1810 g/mol. The van der Waals surface area contributed by atoms with Gasteiger partial charge in [-0.2, -0.15) is 0 Å². The molecular formula is C147H145NO2. The Morgan fingerprint density at radius 3 is 0.873 bits per heavy atom. The van der Waals surface area contributed by atoms with Crippen molar-refractivity contribution in [3.05, 3.63) is 400 Å². The first-order chi connectivity index (χ1) is 73.2. The highest BCUT2D eigenvalue weighted by Gasteiger charge is 2.48. The summed E-state index contributed by atoms with van der Waals surface area (Å²) in [4.78, 5) is 2.59. The Morgan fingerprint density at radius 1 is 0.193 bits per heavy atom. The highest BCUT2D eigenvalue weighted by molar-refractivity contribution is 6.21. The van der Waals surface area contributed by atoms with Gasteiger partial charge in [0.15, 0.2) is 0 Å². The maximum Gasteiger partial charge on any atom is 0.143 e. The zero-order valence-electron chi connectivity index (χ0n) is 90.6. The van der Waals surface area contributed by atoms with Gasteiger partial charge in [-0.15, -0.1) is 0 Å². The van der Waals surface area contributed by atoms with Crippen LogP contribution in [0.3, 0.4) is 0 Å². The first kappa shape index (κ1) is 97.0. The molecule has 0 radical (unpaired) electrons. The molecule has 17 aromatic carbocycles. The molecule has 6 aliphatic carbocycles. The van der Waals surface area contributed by atoms with Gasteiger partial charge in [0.2, 0.25) is 0 Å². The van der Waals surface area contributed by atoms with Crippen LogP contribution in [0.4, 0.5) is 17.1 Å². The maximum absolute atomic E-state index is 7.40. The fraction of sp³-hybridized carbons (Fsp3) is 0.306. The van der Waals surface area contributed by atoms with Crippen molar-refractivity contribution in [1.29, 1.82) is 0 Å². The lowest BCUT2D eigenvalue weighted by atomic mass is 9.70. The van der Waals surface area contributed by atoms with Gasteiger partial charge < -0.3 is 13.7 Å². The highest BCUT2D eigenvalue weighted by Crippen LogP contribution is 2.65. The highest BCUT2D eigenvalue weighted by atomic mass is 16.3. The van der Waals surface area contributed by atoms with Crippen molar-refractivity contribution in [2.45, 2.75) is 289 Å². The number of nitrogens with zero attached hydrogens (tertiary/aromatic N) is 1. The number of benzene rings is 17. The molecule has 0 spiro atoms. The molecule has 0 saturated heterocycles. The van der Waals surface area contributed by atoms with Crippen LogP contribution in [-0.4, -0.2) is 0 Å². The largest absolute Gasteiger partial charge is 0.455 e. The van der Waals surface area contributed by atoms with Gasteiger partial charge in [-0.05, 0) is 306 Å². The monoisotopic (exact) mass is 1960 g/mol. The summed E-state index contributed by atoms with van der Waals surface area (Å²) < 4.78 is 14.8. The van der Waals surface area contributed by atoms with E-state index in [1.807, 2.05) is 0 Å². The third-order valence-electron chi connectivity index (χ3n) is 37.2. The molecule has 6 aliphatic rings.